The van der Waals surface area contributed by atoms with E-state index in [1.54, 1.807) is 0 Å². The largest absolute Gasteiger partial charge is 0.345 e. The Labute approximate surface area is 89.8 Å². The molecular weight excluding hydrogens is 198 g/mol. The third-order valence-corrected chi connectivity index (χ3v) is 3.14. The third kappa shape index (κ3) is 2.65. The molecular formula is C9H18N3OS+. The van der Waals surface area contributed by atoms with E-state index in [1.807, 2.05) is 6.92 Å². The van der Waals surface area contributed by atoms with E-state index in [4.69, 9.17) is 12.2 Å². The van der Waals surface area contributed by atoms with E-state index in [0.29, 0.717) is 17.3 Å². The summed E-state index contributed by atoms with van der Waals surface area (Å²) < 4.78 is 0. The first-order chi connectivity index (χ1) is 6.69. The Morgan fingerprint density at radius 2 is 2.14 bits per heavy atom. The van der Waals surface area contributed by atoms with Gasteiger partial charge in [-0.25, -0.2) is 5.43 Å². The molecule has 0 amide bonds. The van der Waals surface area contributed by atoms with Gasteiger partial charge in [0.2, 0.25) is 5.11 Å². The minimum atomic E-state index is 0.254. The number of nitrogens with one attached hydrogen (secondary N) is 1. The topological polar surface area (TPSA) is 60.0 Å². The van der Waals surface area contributed by atoms with Crippen LogP contribution in [0, 0.1) is 5.92 Å². The fourth-order valence-corrected chi connectivity index (χ4v) is 1.99. The molecule has 5 heteroatoms. The van der Waals surface area contributed by atoms with Crippen molar-refractivity contribution in [2.45, 2.75) is 26.2 Å². The summed E-state index contributed by atoms with van der Waals surface area (Å²) in [6.07, 6.45) is 2.51. The molecule has 0 unspecified atom stereocenters. The molecule has 4 nitrogen and oxygen atoms in total. The van der Waals surface area contributed by atoms with Gasteiger partial charge in [0.25, 0.3) is 0 Å². The summed E-state index contributed by atoms with van der Waals surface area (Å²) >= 11 is 5.08. The number of thiocarbonyl (C=S) groups is 1. The summed E-state index contributed by atoms with van der Waals surface area (Å²) in [5.74, 6) is 4.17. The van der Waals surface area contributed by atoms with E-state index in [-0.39, 0.29) is 5.92 Å². The van der Waals surface area contributed by atoms with E-state index < -0.39 is 0 Å². The Kier molecular flexibility index (Phi) is 4.28. The Bertz CT molecular complexity index is 200. The van der Waals surface area contributed by atoms with Gasteiger partial charge in [-0.05, 0) is 25.1 Å². The maximum Gasteiger partial charge on any atom is 0.215 e. The first-order valence-corrected chi connectivity index (χ1v) is 5.44. The Balaban J connectivity index is 2.38. The highest BCUT2D eigenvalue weighted by Gasteiger charge is 2.24. The molecule has 80 valence electrons. The molecule has 0 spiro atoms. The van der Waals surface area contributed by atoms with Crippen LogP contribution >= 0.6 is 12.2 Å². The highest BCUT2D eigenvalue weighted by Crippen LogP contribution is 2.19. The SMILES string of the molecule is CCC(=O)C1CCN(C(=S)N[NH3+])CC1. The molecule has 0 atom stereocenters. The lowest BCUT2D eigenvalue weighted by molar-refractivity contribution is -0.420. The normalized spacial score (nSPS) is 18.0. The zero-order valence-electron chi connectivity index (χ0n) is 8.58. The molecule has 0 aromatic heterocycles. The van der Waals surface area contributed by atoms with Gasteiger partial charge in [-0.2, -0.15) is 0 Å². The monoisotopic (exact) mass is 216 g/mol. The number of Topliss-reactive ketones (excluding diaryl/α,β-unsaturated/α-hetero) is 1. The number of quaternary nitrogens is 1. The van der Waals surface area contributed by atoms with Crippen molar-refractivity contribution >= 4 is 23.1 Å². The average Bonchev–Trinajstić information content (AvgIpc) is 2.27. The van der Waals surface area contributed by atoms with Crippen molar-refractivity contribution in [3.8, 4) is 0 Å². The fraction of sp³-hybridized carbons (Fsp3) is 0.778. The lowest BCUT2D eigenvalue weighted by atomic mass is 9.91. The minimum Gasteiger partial charge on any atom is -0.345 e. The molecule has 0 aromatic rings. The standard InChI is InChI=1S/C9H17N3OS/c1-2-8(13)7-3-5-12(6-4-7)9(14)11-10/h7H,2-6,10H2,1H3,(H,11,14)/p+1. The van der Waals surface area contributed by atoms with Crippen molar-refractivity contribution in [2.75, 3.05) is 13.1 Å². The third-order valence-electron chi connectivity index (χ3n) is 2.74. The zero-order valence-corrected chi connectivity index (χ0v) is 9.40. The van der Waals surface area contributed by atoms with E-state index >= 15 is 0 Å². The highest BCUT2D eigenvalue weighted by molar-refractivity contribution is 7.80. The molecule has 1 aliphatic rings. The molecule has 1 rings (SSSR count). The van der Waals surface area contributed by atoms with Crippen LogP contribution in [0.3, 0.4) is 0 Å². The molecule has 4 N–H and O–H groups in total. The smallest absolute Gasteiger partial charge is 0.215 e. The van der Waals surface area contributed by atoms with Crippen LogP contribution in [0.4, 0.5) is 0 Å². The van der Waals surface area contributed by atoms with Gasteiger partial charge in [0.15, 0.2) is 0 Å². The number of rotatable bonds is 2. The van der Waals surface area contributed by atoms with Crippen molar-refractivity contribution in [3.05, 3.63) is 0 Å². The van der Waals surface area contributed by atoms with Crippen LogP contribution in [0.2, 0.25) is 0 Å². The first kappa shape index (κ1) is 11.4. The number of carbonyl (C=O) groups excluding carboxylic acids is 1. The van der Waals surface area contributed by atoms with Crippen molar-refractivity contribution in [3.63, 3.8) is 0 Å². The lowest BCUT2D eigenvalue weighted by Gasteiger charge is -2.31. The fourth-order valence-electron chi connectivity index (χ4n) is 1.81. The van der Waals surface area contributed by atoms with E-state index in [1.165, 1.54) is 0 Å². The Morgan fingerprint density at radius 1 is 1.57 bits per heavy atom. The summed E-state index contributed by atoms with van der Waals surface area (Å²) in [5, 5.41) is 0.687. The molecule has 0 saturated carbocycles. The van der Waals surface area contributed by atoms with Crippen LogP contribution in [0.25, 0.3) is 0 Å². The van der Waals surface area contributed by atoms with Gasteiger partial charge >= 0.3 is 0 Å². The second-order valence-electron chi connectivity index (χ2n) is 3.56. The number of hydrogen-bond acceptors (Lipinski definition) is 2. The maximum atomic E-state index is 11.4. The van der Waals surface area contributed by atoms with E-state index in [2.05, 4.69) is 16.2 Å². The van der Waals surface area contributed by atoms with Crippen LogP contribution in [0.1, 0.15) is 26.2 Å². The predicted octanol–water partition coefficient (Wildman–Crippen LogP) is -0.291. The maximum absolute atomic E-state index is 11.4. The van der Waals surface area contributed by atoms with Crippen LogP contribution in [0.5, 0.6) is 0 Å². The van der Waals surface area contributed by atoms with Gasteiger partial charge in [0, 0.05) is 25.4 Å². The average molecular weight is 216 g/mol. The van der Waals surface area contributed by atoms with Gasteiger partial charge in [-0.3, -0.25) is 10.6 Å². The van der Waals surface area contributed by atoms with Crippen molar-refractivity contribution in [2.24, 2.45) is 5.92 Å². The molecule has 0 aliphatic carbocycles. The number of ketones is 1. The number of hydrogen-bond donors (Lipinski definition) is 2. The number of carbonyl (C=O) groups is 1. The summed E-state index contributed by atoms with van der Waals surface area (Å²) in [5.41, 5.74) is 2.72. The number of nitrogens with zero attached hydrogens (tertiary/aromatic N) is 1. The molecule has 0 aromatic carbocycles. The van der Waals surface area contributed by atoms with Crippen LogP contribution in [-0.2, 0) is 4.79 Å². The Morgan fingerprint density at radius 3 is 2.57 bits per heavy atom. The number of likely N-dealkylation sites (tertiary alicyclic amines) is 1. The summed E-state index contributed by atoms with van der Waals surface area (Å²) in [7, 11) is 0. The van der Waals surface area contributed by atoms with Crippen LogP contribution in [0.15, 0.2) is 0 Å². The van der Waals surface area contributed by atoms with E-state index in [9.17, 15) is 4.79 Å². The molecule has 1 heterocycles. The molecule has 14 heavy (non-hydrogen) atoms. The summed E-state index contributed by atoms with van der Waals surface area (Å²) in [4.78, 5) is 13.5. The van der Waals surface area contributed by atoms with Gasteiger partial charge in [-0.15, -0.1) is 0 Å². The molecule has 1 saturated heterocycles. The van der Waals surface area contributed by atoms with Gasteiger partial charge in [0.05, 0.1) is 0 Å². The van der Waals surface area contributed by atoms with E-state index in [0.717, 1.165) is 25.9 Å². The summed E-state index contributed by atoms with van der Waals surface area (Å²) in [6.45, 7) is 3.67. The van der Waals surface area contributed by atoms with Crippen molar-refractivity contribution in [1.82, 2.24) is 10.3 Å². The second-order valence-corrected chi connectivity index (χ2v) is 3.95. The quantitative estimate of drug-likeness (QED) is 0.492. The second kappa shape index (κ2) is 5.26. The van der Waals surface area contributed by atoms with Crippen molar-refractivity contribution in [1.29, 1.82) is 0 Å². The highest BCUT2D eigenvalue weighted by atomic mass is 32.1. The molecule has 1 fully saturated rings. The molecule has 0 bridgehead atoms. The first-order valence-electron chi connectivity index (χ1n) is 5.03. The van der Waals surface area contributed by atoms with Gasteiger partial charge < -0.3 is 4.90 Å². The van der Waals surface area contributed by atoms with Crippen LogP contribution < -0.4 is 11.3 Å². The molecule has 0 radical (unpaired) electrons. The predicted molar refractivity (Wildman–Crippen MR) is 58.2 cm³/mol. The minimum absolute atomic E-state index is 0.254. The number of piperidine rings is 1. The summed E-state index contributed by atoms with van der Waals surface area (Å²) in [6, 6.07) is 0. The van der Waals surface area contributed by atoms with Crippen molar-refractivity contribution < 1.29 is 10.6 Å². The zero-order chi connectivity index (χ0) is 10.6. The van der Waals surface area contributed by atoms with Crippen LogP contribution in [-0.4, -0.2) is 28.9 Å². The lowest BCUT2D eigenvalue weighted by Crippen LogP contribution is -2.70. The van der Waals surface area contributed by atoms with Gasteiger partial charge in [0.1, 0.15) is 5.78 Å². The molecule has 1 aliphatic heterocycles. The van der Waals surface area contributed by atoms with Gasteiger partial charge in [-0.1, -0.05) is 6.92 Å². The Hall–Kier alpha value is -0.680.